The molecule has 0 heterocycles. The first kappa shape index (κ1) is 9.05. The third-order valence-corrected chi connectivity index (χ3v) is 6.34. The zero-order chi connectivity index (χ0) is 6.62. The van der Waals surface area contributed by atoms with E-state index in [0.29, 0.717) is 3.41 Å². The van der Waals surface area contributed by atoms with Crippen LogP contribution in [0.25, 0.3) is 0 Å². The smallest absolute Gasteiger partial charge is 0.103 e. The van der Waals surface area contributed by atoms with Crippen molar-refractivity contribution in [2.45, 2.75) is 10.3 Å². The van der Waals surface area contributed by atoms with Gasteiger partial charge in [-0.1, -0.05) is 0 Å². The molecular formula is C5H12S3. The fourth-order valence-corrected chi connectivity index (χ4v) is 2.25. The van der Waals surface area contributed by atoms with Gasteiger partial charge in [0.05, 0.1) is 0 Å². The summed E-state index contributed by atoms with van der Waals surface area (Å²) in [5.74, 6) is 0. The van der Waals surface area contributed by atoms with E-state index in [-0.39, 0.29) is 0 Å². The Morgan fingerprint density at radius 1 is 0.875 bits per heavy atom. The van der Waals surface area contributed by atoms with Crippen molar-refractivity contribution < 1.29 is 0 Å². The Balaban J connectivity index is 3.58. The average Bonchev–Trinajstić information content (AvgIpc) is 1.87. The van der Waals surface area contributed by atoms with E-state index in [2.05, 4.69) is 25.7 Å². The number of hydrogen-bond acceptors (Lipinski definition) is 3. The molecule has 8 heavy (non-hydrogen) atoms. The van der Waals surface area contributed by atoms with Gasteiger partial charge in [-0.25, -0.2) is 0 Å². The lowest BCUT2D eigenvalue weighted by Crippen LogP contribution is -2.05. The molecule has 0 atom stereocenters. The molecule has 0 saturated carbocycles. The van der Waals surface area contributed by atoms with E-state index in [0.717, 1.165) is 0 Å². The lowest BCUT2D eigenvalue weighted by molar-refractivity contribution is 1.34. The summed E-state index contributed by atoms with van der Waals surface area (Å²) in [6, 6.07) is 0. The summed E-state index contributed by atoms with van der Waals surface area (Å²) >= 11 is 5.69. The molecule has 0 N–H and O–H groups in total. The SMILES string of the molecule is CSC(C)(SC)SC. The van der Waals surface area contributed by atoms with E-state index in [4.69, 9.17) is 0 Å². The molecule has 0 amide bonds. The molecular weight excluding hydrogens is 156 g/mol. The van der Waals surface area contributed by atoms with Crippen LogP contribution in [0.2, 0.25) is 0 Å². The van der Waals surface area contributed by atoms with Gasteiger partial charge in [0.2, 0.25) is 0 Å². The van der Waals surface area contributed by atoms with Crippen molar-refractivity contribution in [1.82, 2.24) is 0 Å². The second-order valence-corrected chi connectivity index (χ2v) is 5.92. The predicted octanol–water partition coefficient (Wildman–Crippen LogP) is 2.75. The third-order valence-electron chi connectivity index (χ3n) is 1.11. The lowest BCUT2D eigenvalue weighted by Gasteiger charge is -2.21. The van der Waals surface area contributed by atoms with E-state index in [1.807, 2.05) is 35.3 Å². The van der Waals surface area contributed by atoms with Gasteiger partial charge in [0.1, 0.15) is 3.41 Å². The molecule has 0 saturated heterocycles. The molecule has 0 nitrogen and oxygen atoms in total. The van der Waals surface area contributed by atoms with Crippen molar-refractivity contribution in [1.29, 1.82) is 0 Å². The lowest BCUT2D eigenvalue weighted by atomic mass is 10.9. The van der Waals surface area contributed by atoms with E-state index < -0.39 is 0 Å². The van der Waals surface area contributed by atoms with Gasteiger partial charge < -0.3 is 0 Å². The summed E-state index contributed by atoms with van der Waals surface area (Å²) in [7, 11) is 0. The maximum Gasteiger partial charge on any atom is 0.103 e. The van der Waals surface area contributed by atoms with Gasteiger partial charge in [-0.05, 0) is 25.7 Å². The summed E-state index contributed by atoms with van der Waals surface area (Å²) in [6.45, 7) is 2.24. The Kier molecular flexibility index (Phi) is 4.48. The molecule has 0 aliphatic rings. The van der Waals surface area contributed by atoms with Crippen molar-refractivity contribution in [3.05, 3.63) is 0 Å². The summed E-state index contributed by atoms with van der Waals surface area (Å²) in [5, 5.41) is 0. The number of thioether (sulfide) groups is 3. The van der Waals surface area contributed by atoms with Crippen LogP contribution < -0.4 is 0 Å². The zero-order valence-electron chi connectivity index (χ0n) is 5.72. The van der Waals surface area contributed by atoms with Gasteiger partial charge in [-0.15, -0.1) is 35.3 Å². The summed E-state index contributed by atoms with van der Waals surface area (Å²) in [6.07, 6.45) is 6.44. The molecule has 50 valence electrons. The Hall–Kier alpha value is 1.05. The van der Waals surface area contributed by atoms with Crippen molar-refractivity contribution in [2.24, 2.45) is 0 Å². The minimum absolute atomic E-state index is 0.375. The van der Waals surface area contributed by atoms with Crippen molar-refractivity contribution >= 4 is 35.3 Å². The summed E-state index contributed by atoms with van der Waals surface area (Å²) < 4.78 is 0.375. The topological polar surface area (TPSA) is 0 Å². The van der Waals surface area contributed by atoms with Crippen molar-refractivity contribution in [3.63, 3.8) is 0 Å². The van der Waals surface area contributed by atoms with E-state index >= 15 is 0 Å². The fraction of sp³-hybridized carbons (Fsp3) is 1.00. The summed E-state index contributed by atoms with van der Waals surface area (Å²) in [5.41, 5.74) is 0. The van der Waals surface area contributed by atoms with Gasteiger partial charge >= 0.3 is 0 Å². The molecule has 0 aromatic rings. The minimum Gasteiger partial charge on any atom is -0.137 e. The van der Waals surface area contributed by atoms with Crippen LogP contribution in [-0.2, 0) is 0 Å². The molecule has 0 bridgehead atoms. The van der Waals surface area contributed by atoms with Crippen molar-refractivity contribution in [3.8, 4) is 0 Å². The molecule has 0 aliphatic carbocycles. The van der Waals surface area contributed by atoms with E-state index in [1.54, 1.807) is 0 Å². The molecule has 0 aliphatic heterocycles. The molecule has 0 aromatic heterocycles. The monoisotopic (exact) mass is 168 g/mol. The third kappa shape index (κ3) is 2.55. The van der Waals surface area contributed by atoms with Gasteiger partial charge in [0.25, 0.3) is 0 Å². The first-order valence-electron chi connectivity index (χ1n) is 2.34. The quantitative estimate of drug-likeness (QED) is 0.595. The molecule has 0 aromatic carbocycles. The van der Waals surface area contributed by atoms with Gasteiger partial charge in [0.15, 0.2) is 0 Å². The second kappa shape index (κ2) is 3.96. The molecule has 0 spiro atoms. The maximum absolute atomic E-state index is 2.24. The Morgan fingerprint density at radius 2 is 1.12 bits per heavy atom. The first-order chi connectivity index (χ1) is 3.68. The van der Waals surface area contributed by atoms with E-state index in [1.165, 1.54) is 0 Å². The Morgan fingerprint density at radius 3 is 1.12 bits per heavy atom. The fourth-order valence-electron chi connectivity index (χ4n) is 0.250. The van der Waals surface area contributed by atoms with Crippen LogP contribution in [0.5, 0.6) is 0 Å². The summed E-state index contributed by atoms with van der Waals surface area (Å²) in [4.78, 5) is 0. The first-order valence-corrected chi connectivity index (χ1v) is 6.01. The van der Waals surface area contributed by atoms with Gasteiger partial charge in [0, 0.05) is 0 Å². The highest BCUT2D eigenvalue weighted by molar-refractivity contribution is 8.33. The highest BCUT2D eigenvalue weighted by Gasteiger charge is 2.18. The van der Waals surface area contributed by atoms with Crippen LogP contribution in [0.4, 0.5) is 0 Å². The van der Waals surface area contributed by atoms with Gasteiger partial charge in [-0.2, -0.15) is 0 Å². The molecule has 0 fully saturated rings. The number of rotatable bonds is 3. The molecule has 0 unspecified atom stereocenters. The van der Waals surface area contributed by atoms with Crippen LogP contribution in [0.3, 0.4) is 0 Å². The van der Waals surface area contributed by atoms with Crippen molar-refractivity contribution in [2.75, 3.05) is 18.8 Å². The predicted molar refractivity (Wildman–Crippen MR) is 49.0 cm³/mol. The van der Waals surface area contributed by atoms with Crippen LogP contribution in [0.1, 0.15) is 6.92 Å². The standard InChI is InChI=1S/C5H12S3/c1-5(6-2,7-3)8-4/h1-4H3. The average molecular weight is 168 g/mol. The second-order valence-electron chi connectivity index (χ2n) is 1.47. The Labute approximate surface area is 64.6 Å². The maximum atomic E-state index is 2.24. The van der Waals surface area contributed by atoms with Crippen LogP contribution >= 0.6 is 35.3 Å². The highest BCUT2D eigenvalue weighted by atomic mass is 32.3. The van der Waals surface area contributed by atoms with E-state index in [9.17, 15) is 0 Å². The van der Waals surface area contributed by atoms with Crippen LogP contribution in [0, 0.1) is 0 Å². The Bertz CT molecular complexity index is 50.4. The molecule has 3 heteroatoms. The zero-order valence-corrected chi connectivity index (χ0v) is 8.17. The largest absolute Gasteiger partial charge is 0.137 e. The van der Waals surface area contributed by atoms with Crippen LogP contribution in [-0.4, -0.2) is 22.2 Å². The highest BCUT2D eigenvalue weighted by Crippen LogP contribution is 2.41. The number of hydrogen-bond donors (Lipinski definition) is 0. The normalized spacial score (nSPS) is 12.0. The molecule has 0 radical (unpaired) electrons. The molecule has 0 rings (SSSR count). The van der Waals surface area contributed by atoms with Crippen LogP contribution in [0.15, 0.2) is 0 Å². The minimum atomic E-state index is 0.375. The van der Waals surface area contributed by atoms with Gasteiger partial charge in [-0.3, -0.25) is 0 Å².